The summed E-state index contributed by atoms with van der Waals surface area (Å²) in [6.07, 6.45) is 7.19. The van der Waals surface area contributed by atoms with Crippen LogP contribution in [0.2, 0.25) is 0 Å². The van der Waals surface area contributed by atoms with E-state index in [0.717, 1.165) is 11.3 Å². The Kier molecular flexibility index (Phi) is 4.26. The van der Waals surface area contributed by atoms with E-state index in [9.17, 15) is 0 Å². The van der Waals surface area contributed by atoms with E-state index in [-0.39, 0.29) is 5.41 Å². The number of hydrogen-bond donors (Lipinski definition) is 1. The molecule has 0 heterocycles. The van der Waals surface area contributed by atoms with Crippen LogP contribution in [0.15, 0.2) is 48.7 Å². The van der Waals surface area contributed by atoms with Crippen molar-refractivity contribution in [1.29, 1.82) is 0 Å². The van der Waals surface area contributed by atoms with Gasteiger partial charge in [-0.25, -0.2) is 0 Å². The van der Waals surface area contributed by atoms with Gasteiger partial charge in [0.05, 0.1) is 0 Å². The monoisotopic (exact) mass is 177 g/mol. The molecule has 0 spiro atoms. The maximum absolute atomic E-state index is 5.87. The summed E-state index contributed by atoms with van der Waals surface area (Å²) in [6, 6.07) is 0. The molecule has 1 heteroatoms. The van der Waals surface area contributed by atoms with E-state index in [0.29, 0.717) is 0 Å². The van der Waals surface area contributed by atoms with Crippen molar-refractivity contribution >= 4 is 0 Å². The molecule has 13 heavy (non-hydrogen) atoms. The van der Waals surface area contributed by atoms with Crippen LogP contribution in [-0.2, 0) is 0 Å². The Morgan fingerprint density at radius 3 is 1.85 bits per heavy atom. The normalized spacial score (nSPS) is 14.1. The van der Waals surface area contributed by atoms with Gasteiger partial charge >= 0.3 is 0 Å². The Hall–Kier alpha value is -1.24. The molecule has 1 nitrogen and oxygen atoms in total. The molecule has 0 aromatic rings. The van der Waals surface area contributed by atoms with Gasteiger partial charge in [0.25, 0.3) is 0 Å². The zero-order valence-electron chi connectivity index (χ0n) is 8.80. The highest BCUT2D eigenvalue weighted by Crippen LogP contribution is 2.28. The zero-order chi connectivity index (χ0) is 10.5. The van der Waals surface area contributed by atoms with E-state index in [2.05, 4.69) is 33.9 Å². The largest absolute Gasteiger partial charge is 0.398 e. The summed E-state index contributed by atoms with van der Waals surface area (Å²) in [7, 11) is 0. The minimum atomic E-state index is 0.0395. The summed E-state index contributed by atoms with van der Waals surface area (Å²) in [4.78, 5) is 0. The minimum absolute atomic E-state index is 0.0395. The Balaban J connectivity index is 5.06. The fraction of sp³-hybridized carbons (Fsp3) is 0.333. The predicted octanol–water partition coefficient (Wildman–Crippen LogP) is 3.17. The maximum Gasteiger partial charge on any atom is 0.0351 e. The van der Waals surface area contributed by atoms with E-state index < -0.39 is 0 Å². The number of allylic oxidation sites excluding steroid dienone is 5. The molecule has 0 aliphatic carbocycles. The molecule has 2 N–H and O–H groups in total. The van der Waals surface area contributed by atoms with Crippen molar-refractivity contribution in [3.05, 3.63) is 48.7 Å². The van der Waals surface area contributed by atoms with Crippen LogP contribution in [0.4, 0.5) is 0 Å². The molecular weight excluding hydrogens is 158 g/mol. The molecular formula is C12H19N. The van der Waals surface area contributed by atoms with Crippen molar-refractivity contribution in [1.82, 2.24) is 0 Å². The minimum Gasteiger partial charge on any atom is -0.398 e. The first-order chi connectivity index (χ1) is 5.93. The Labute approximate surface area is 81.3 Å². The van der Waals surface area contributed by atoms with Crippen LogP contribution in [-0.4, -0.2) is 0 Å². The highest BCUT2D eigenvalue weighted by atomic mass is 14.6. The van der Waals surface area contributed by atoms with Gasteiger partial charge in [0.2, 0.25) is 0 Å². The molecule has 0 aliphatic heterocycles. The molecule has 0 saturated heterocycles. The first-order valence-electron chi connectivity index (χ1n) is 4.35. The molecule has 0 amide bonds. The fourth-order valence-corrected chi connectivity index (χ4v) is 1.11. The lowest BCUT2D eigenvalue weighted by atomic mass is 9.84. The predicted molar refractivity (Wildman–Crippen MR) is 60.2 cm³/mol. The molecule has 0 rings (SSSR count). The molecule has 0 fully saturated rings. The second-order valence-electron chi connectivity index (χ2n) is 3.92. The topological polar surface area (TPSA) is 26.0 Å². The summed E-state index contributed by atoms with van der Waals surface area (Å²) in [5.41, 5.74) is 7.75. The average molecular weight is 177 g/mol. The molecule has 0 saturated carbocycles. The average Bonchev–Trinajstić information content (AvgIpc) is 1.98. The van der Waals surface area contributed by atoms with Crippen LogP contribution in [0.5, 0.6) is 0 Å². The van der Waals surface area contributed by atoms with Crippen LogP contribution in [0.25, 0.3) is 0 Å². The summed E-state index contributed by atoms with van der Waals surface area (Å²) in [5, 5.41) is 0. The second-order valence-corrected chi connectivity index (χ2v) is 3.92. The van der Waals surface area contributed by atoms with Gasteiger partial charge in [-0.1, -0.05) is 52.2 Å². The summed E-state index contributed by atoms with van der Waals surface area (Å²) in [6.45, 7) is 13.6. The van der Waals surface area contributed by atoms with E-state index >= 15 is 0 Å². The number of rotatable bonds is 3. The Bertz CT molecular complexity index is 249. The lowest BCUT2D eigenvalue weighted by Gasteiger charge is -2.23. The van der Waals surface area contributed by atoms with Gasteiger partial charge in [-0.3, -0.25) is 0 Å². The lowest BCUT2D eigenvalue weighted by molar-refractivity contribution is 0.509. The van der Waals surface area contributed by atoms with Crippen molar-refractivity contribution in [2.75, 3.05) is 0 Å². The second kappa shape index (κ2) is 4.70. The van der Waals surface area contributed by atoms with E-state index in [1.54, 1.807) is 18.2 Å². The fourth-order valence-electron chi connectivity index (χ4n) is 1.11. The highest BCUT2D eigenvalue weighted by molar-refractivity contribution is 5.37. The van der Waals surface area contributed by atoms with Crippen LogP contribution in [0.1, 0.15) is 20.8 Å². The van der Waals surface area contributed by atoms with Crippen molar-refractivity contribution in [2.24, 2.45) is 11.1 Å². The van der Waals surface area contributed by atoms with Gasteiger partial charge in [-0.15, -0.1) is 0 Å². The first kappa shape index (κ1) is 11.8. The van der Waals surface area contributed by atoms with Crippen molar-refractivity contribution in [2.45, 2.75) is 20.8 Å². The quantitative estimate of drug-likeness (QED) is 0.658. The van der Waals surface area contributed by atoms with E-state index in [4.69, 9.17) is 5.73 Å². The van der Waals surface area contributed by atoms with Crippen LogP contribution in [0, 0.1) is 5.41 Å². The standard InChI is InChI=1S/C12H19N/c1-6-8-10(12(3,4)5)11(13)9-7-2/h6-9H,1-2,13H2,3-5H3/b10-8+,11-9+. The highest BCUT2D eigenvalue weighted by Gasteiger charge is 2.17. The van der Waals surface area contributed by atoms with Gasteiger partial charge in [-0.2, -0.15) is 0 Å². The zero-order valence-corrected chi connectivity index (χ0v) is 8.80. The SMILES string of the molecule is C=C/C=C(\C(N)=C/C=C)C(C)(C)C. The number of nitrogens with two attached hydrogens (primary N) is 1. The smallest absolute Gasteiger partial charge is 0.0351 e. The van der Waals surface area contributed by atoms with Crippen LogP contribution in [0.3, 0.4) is 0 Å². The lowest BCUT2D eigenvalue weighted by Crippen LogP contribution is -2.15. The molecule has 0 unspecified atom stereocenters. The van der Waals surface area contributed by atoms with Crippen molar-refractivity contribution in [3.63, 3.8) is 0 Å². The van der Waals surface area contributed by atoms with Gasteiger partial charge in [-0.05, 0) is 17.1 Å². The first-order valence-corrected chi connectivity index (χ1v) is 4.35. The van der Waals surface area contributed by atoms with E-state index in [1.807, 2.05) is 6.08 Å². The maximum atomic E-state index is 5.87. The molecule has 0 aromatic heterocycles. The van der Waals surface area contributed by atoms with E-state index in [1.165, 1.54) is 0 Å². The third-order valence-corrected chi connectivity index (χ3v) is 1.70. The summed E-state index contributed by atoms with van der Waals surface area (Å²) >= 11 is 0. The van der Waals surface area contributed by atoms with Crippen LogP contribution >= 0.6 is 0 Å². The molecule has 0 radical (unpaired) electrons. The Morgan fingerprint density at radius 2 is 1.54 bits per heavy atom. The summed E-state index contributed by atoms with van der Waals surface area (Å²) in [5.74, 6) is 0. The van der Waals surface area contributed by atoms with Crippen molar-refractivity contribution < 1.29 is 0 Å². The molecule has 0 bridgehead atoms. The summed E-state index contributed by atoms with van der Waals surface area (Å²) < 4.78 is 0. The number of hydrogen-bond acceptors (Lipinski definition) is 1. The molecule has 72 valence electrons. The molecule has 0 aliphatic rings. The van der Waals surface area contributed by atoms with Gasteiger partial charge < -0.3 is 5.73 Å². The van der Waals surface area contributed by atoms with Gasteiger partial charge in [0.1, 0.15) is 0 Å². The third-order valence-electron chi connectivity index (χ3n) is 1.70. The van der Waals surface area contributed by atoms with Crippen LogP contribution < -0.4 is 5.73 Å². The molecule has 0 atom stereocenters. The van der Waals surface area contributed by atoms with Crippen molar-refractivity contribution in [3.8, 4) is 0 Å². The molecule has 0 aromatic carbocycles. The van der Waals surface area contributed by atoms with Gasteiger partial charge in [0, 0.05) is 5.70 Å². The Morgan fingerprint density at radius 1 is 1.08 bits per heavy atom. The van der Waals surface area contributed by atoms with Gasteiger partial charge in [0.15, 0.2) is 0 Å². The third kappa shape index (κ3) is 3.79.